The van der Waals surface area contributed by atoms with E-state index in [1.807, 2.05) is 12.1 Å². The molecule has 5 rings (SSSR count). The molecular formula is C35H46N2O3. The van der Waals surface area contributed by atoms with Crippen LogP contribution in [-0.2, 0) is 19.3 Å². The van der Waals surface area contributed by atoms with Gasteiger partial charge < -0.3 is 19.9 Å². The zero-order valence-corrected chi connectivity index (χ0v) is 24.2. The van der Waals surface area contributed by atoms with Crippen LogP contribution in [-0.4, -0.2) is 49.9 Å². The topological polar surface area (TPSA) is 54.0 Å². The van der Waals surface area contributed by atoms with Gasteiger partial charge in [-0.1, -0.05) is 43.5 Å². The number of nitrogens with zero attached hydrogens (tertiary/aromatic N) is 1. The Hall–Kier alpha value is -3.18. The van der Waals surface area contributed by atoms with Crippen molar-refractivity contribution >= 4 is 5.69 Å². The highest BCUT2D eigenvalue weighted by Crippen LogP contribution is 2.38. The molecule has 0 amide bonds. The summed E-state index contributed by atoms with van der Waals surface area (Å²) >= 11 is 0. The Morgan fingerprint density at radius 2 is 1.65 bits per heavy atom. The molecule has 1 aliphatic heterocycles. The van der Waals surface area contributed by atoms with E-state index in [4.69, 9.17) is 9.47 Å². The van der Waals surface area contributed by atoms with E-state index < -0.39 is 0 Å². The van der Waals surface area contributed by atoms with Gasteiger partial charge in [0.25, 0.3) is 0 Å². The van der Waals surface area contributed by atoms with Gasteiger partial charge in [-0.15, -0.1) is 0 Å². The van der Waals surface area contributed by atoms with Crippen molar-refractivity contribution in [2.45, 2.75) is 70.1 Å². The Balaban J connectivity index is 1.09. The predicted molar refractivity (Wildman–Crippen MR) is 164 cm³/mol. The Morgan fingerprint density at radius 1 is 0.875 bits per heavy atom. The number of aromatic hydroxyl groups is 1. The van der Waals surface area contributed by atoms with E-state index in [9.17, 15) is 5.11 Å². The first-order valence-electron chi connectivity index (χ1n) is 15.3. The number of likely N-dealkylation sites (tertiary alicyclic amines) is 1. The molecule has 0 saturated carbocycles. The van der Waals surface area contributed by atoms with Crippen molar-refractivity contribution in [3.05, 3.63) is 82.9 Å². The molecule has 0 aromatic heterocycles. The third-order valence-corrected chi connectivity index (χ3v) is 8.62. The number of benzene rings is 3. The molecule has 40 heavy (non-hydrogen) atoms. The number of phenolic OH excluding ortho intramolecular Hbond substituents is 1. The van der Waals surface area contributed by atoms with Crippen LogP contribution in [0.4, 0.5) is 5.69 Å². The molecule has 5 heteroatoms. The van der Waals surface area contributed by atoms with Crippen LogP contribution in [0.2, 0.25) is 0 Å². The predicted octanol–water partition coefficient (Wildman–Crippen LogP) is 7.36. The van der Waals surface area contributed by atoms with E-state index in [1.165, 1.54) is 73.1 Å². The number of phenols is 1. The van der Waals surface area contributed by atoms with Crippen molar-refractivity contribution in [3.8, 4) is 17.2 Å². The summed E-state index contributed by atoms with van der Waals surface area (Å²) in [6, 6.07) is 20.9. The van der Waals surface area contributed by atoms with Crippen molar-refractivity contribution in [3.63, 3.8) is 0 Å². The first kappa shape index (κ1) is 28.4. The largest absolute Gasteiger partial charge is 0.508 e. The van der Waals surface area contributed by atoms with Gasteiger partial charge in [0.1, 0.15) is 23.9 Å². The highest BCUT2D eigenvalue weighted by Gasteiger charge is 2.23. The van der Waals surface area contributed by atoms with Crippen molar-refractivity contribution in [1.29, 1.82) is 0 Å². The lowest BCUT2D eigenvalue weighted by Gasteiger charge is -2.27. The number of fused-ring (bicyclic) bond motifs is 1. The van der Waals surface area contributed by atoms with Gasteiger partial charge in [-0.25, -0.2) is 0 Å². The van der Waals surface area contributed by atoms with Crippen LogP contribution in [0.5, 0.6) is 17.2 Å². The van der Waals surface area contributed by atoms with E-state index in [1.54, 1.807) is 7.11 Å². The molecule has 0 unspecified atom stereocenters. The van der Waals surface area contributed by atoms with Gasteiger partial charge in [0, 0.05) is 24.8 Å². The molecule has 1 atom stereocenters. The minimum absolute atomic E-state index is 0.365. The summed E-state index contributed by atoms with van der Waals surface area (Å²) in [6.07, 6.45) is 12.0. The number of methoxy groups -OCH3 is 1. The smallest absolute Gasteiger partial charge is 0.120 e. The zero-order chi connectivity index (χ0) is 27.6. The Labute approximate surface area is 240 Å². The quantitative estimate of drug-likeness (QED) is 0.248. The molecule has 214 valence electrons. The molecule has 0 bridgehead atoms. The summed E-state index contributed by atoms with van der Waals surface area (Å²) < 4.78 is 11.6. The van der Waals surface area contributed by atoms with E-state index >= 15 is 0 Å². The number of nitrogens with one attached hydrogen (secondary N) is 1. The van der Waals surface area contributed by atoms with Gasteiger partial charge in [-0.05, 0) is 117 Å². The van der Waals surface area contributed by atoms with Gasteiger partial charge in [0.2, 0.25) is 0 Å². The fourth-order valence-corrected chi connectivity index (χ4v) is 6.28. The third-order valence-electron chi connectivity index (χ3n) is 8.62. The molecular weight excluding hydrogens is 496 g/mol. The standard InChI is InChI=1S/C35H46N2O3/c1-39-33-17-18-34(30-12-11-29-25-31(38)14-13-28(29)24-30)35(26-33)36-19-7-8-27-9-15-32(16-10-27)40-23-22-37-20-5-3-2-4-6-21-37/h9-10,13-18,25-26,30,36,38H,2-8,11-12,19-24H2,1H3/t30-/m1/s1. The van der Waals surface area contributed by atoms with Crippen molar-refractivity contribution in [2.75, 3.05) is 45.2 Å². The zero-order valence-electron chi connectivity index (χ0n) is 24.2. The van der Waals surface area contributed by atoms with E-state index in [0.29, 0.717) is 11.7 Å². The van der Waals surface area contributed by atoms with Crippen LogP contribution in [0.25, 0.3) is 0 Å². The highest BCUT2D eigenvalue weighted by molar-refractivity contribution is 5.57. The molecule has 2 aliphatic rings. The second-order valence-corrected chi connectivity index (χ2v) is 11.5. The lowest BCUT2D eigenvalue weighted by Crippen LogP contribution is -2.31. The van der Waals surface area contributed by atoms with Gasteiger partial charge >= 0.3 is 0 Å². The maximum Gasteiger partial charge on any atom is 0.120 e. The van der Waals surface area contributed by atoms with Gasteiger partial charge in [-0.3, -0.25) is 4.90 Å². The fourth-order valence-electron chi connectivity index (χ4n) is 6.28. The summed E-state index contributed by atoms with van der Waals surface area (Å²) in [5.41, 5.74) is 6.51. The number of anilines is 1. The summed E-state index contributed by atoms with van der Waals surface area (Å²) in [5.74, 6) is 2.68. The van der Waals surface area contributed by atoms with Gasteiger partial charge in [0.05, 0.1) is 7.11 Å². The second kappa shape index (κ2) is 14.5. The minimum Gasteiger partial charge on any atom is -0.508 e. The molecule has 0 spiro atoms. The summed E-state index contributed by atoms with van der Waals surface area (Å²) in [7, 11) is 1.73. The van der Waals surface area contributed by atoms with Crippen LogP contribution in [0.1, 0.15) is 73.1 Å². The Bertz CT molecular complexity index is 1200. The van der Waals surface area contributed by atoms with Crippen LogP contribution in [0.3, 0.4) is 0 Å². The number of hydrogen-bond donors (Lipinski definition) is 2. The lowest BCUT2D eigenvalue weighted by atomic mass is 9.79. The maximum absolute atomic E-state index is 9.85. The Morgan fingerprint density at radius 3 is 2.45 bits per heavy atom. The van der Waals surface area contributed by atoms with Gasteiger partial charge in [0.15, 0.2) is 0 Å². The molecule has 1 aliphatic carbocycles. The maximum atomic E-state index is 9.85. The lowest BCUT2D eigenvalue weighted by molar-refractivity contribution is 0.195. The molecule has 2 N–H and O–H groups in total. The fraction of sp³-hybridized carbons (Fsp3) is 0.486. The van der Waals surface area contributed by atoms with Crippen LogP contribution in [0, 0.1) is 0 Å². The van der Waals surface area contributed by atoms with Crippen LogP contribution in [0.15, 0.2) is 60.7 Å². The van der Waals surface area contributed by atoms with Crippen LogP contribution >= 0.6 is 0 Å². The molecule has 3 aromatic carbocycles. The van der Waals surface area contributed by atoms with E-state index in [-0.39, 0.29) is 0 Å². The average Bonchev–Trinajstić information content (AvgIpc) is 2.96. The van der Waals surface area contributed by atoms with E-state index in [0.717, 1.165) is 63.3 Å². The monoisotopic (exact) mass is 542 g/mol. The number of ether oxygens (including phenoxy) is 2. The third kappa shape index (κ3) is 7.94. The number of rotatable bonds is 11. The minimum atomic E-state index is 0.365. The van der Waals surface area contributed by atoms with Gasteiger partial charge in [-0.2, -0.15) is 0 Å². The molecule has 1 heterocycles. The SMILES string of the molecule is COc1ccc([C@@H]2CCc3cc(O)ccc3C2)c(NCCCc2ccc(OCCN3CCCCCCC3)cc2)c1. The molecule has 1 saturated heterocycles. The van der Waals surface area contributed by atoms with Crippen molar-refractivity contribution in [2.24, 2.45) is 0 Å². The number of hydrogen-bond acceptors (Lipinski definition) is 5. The molecule has 5 nitrogen and oxygen atoms in total. The average molecular weight is 543 g/mol. The number of aryl methyl sites for hydroxylation is 2. The van der Waals surface area contributed by atoms with Crippen molar-refractivity contribution < 1.29 is 14.6 Å². The summed E-state index contributed by atoms with van der Waals surface area (Å²) in [5, 5.41) is 13.6. The summed E-state index contributed by atoms with van der Waals surface area (Å²) in [6.45, 7) is 5.13. The van der Waals surface area contributed by atoms with E-state index in [2.05, 4.69) is 58.7 Å². The molecule has 3 aromatic rings. The first-order chi connectivity index (χ1) is 19.7. The molecule has 1 fully saturated rings. The van der Waals surface area contributed by atoms with Crippen molar-refractivity contribution in [1.82, 2.24) is 4.90 Å². The second-order valence-electron chi connectivity index (χ2n) is 11.5. The summed E-state index contributed by atoms with van der Waals surface area (Å²) in [4.78, 5) is 2.56. The van der Waals surface area contributed by atoms with Crippen LogP contribution < -0.4 is 14.8 Å². The normalized spacial score (nSPS) is 17.9. The highest BCUT2D eigenvalue weighted by atomic mass is 16.5. The first-order valence-corrected chi connectivity index (χ1v) is 15.3. The molecule has 0 radical (unpaired) electrons. The Kier molecular flexibility index (Phi) is 10.2.